The molecule has 0 unspecified atom stereocenters. The molecule has 0 saturated heterocycles. The van der Waals surface area contributed by atoms with Gasteiger partial charge in [-0.15, -0.1) is 12.6 Å². The molecule has 0 saturated carbocycles. The zero-order chi connectivity index (χ0) is 14.5. The fraction of sp³-hybridized carbons (Fsp3) is 0.0714. The van der Waals surface area contributed by atoms with Crippen molar-refractivity contribution in [3.63, 3.8) is 0 Å². The molecule has 2 aromatic rings. The number of ether oxygens (including phenoxy) is 1. The summed E-state index contributed by atoms with van der Waals surface area (Å²) in [4.78, 5) is 9.99. The highest BCUT2D eigenvalue weighted by molar-refractivity contribution is 7.80. The van der Waals surface area contributed by atoms with Crippen LogP contribution in [0.5, 0.6) is 17.2 Å². The zero-order valence-electron chi connectivity index (χ0n) is 10.3. The van der Waals surface area contributed by atoms with E-state index in [9.17, 15) is 4.79 Å². The second kappa shape index (κ2) is 6.21. The molecule has 1 aliphatic rings. The Morgan fingerprint density at radius 2 is 1.95 bits per heavy atom. The number of rotatable bonds is 1. The van der Waals surface area contributed by atoms with Gasteiger partial charge >= 0.3 is 0 Å². The van der Waals surface area contributed by atoms with Gasteiger partial charge in [0.1, 0.15) is 5.75 Å². The number of aromatic hydroxyl groups is 2. The summed E-state index contributed by atoms with van der Waals surface area (Å²) >= 11 is 3.61. The monoisotopic (exact) mass is 292 g/mol. The molecule has 0 radical (unpaired) electrons. The molecule has 5 nitrogen and oxygen atoms in total. The summed E-state index contributed by atoms with van der Waals surface area (Å²) in [6.07, 6.45) is 5.04. The average Bonchev–Trinajstić information content (AvgIpc) is 2.75. The van der Waals surface area contributed by atoms with Gasteiger partial charge in [-0.05, 0) is 24.1 Å². The highest BCUT2D eigenvalue weighted by atomic mass is 32.1. The second-order valence-corrected chi connectivity index (χ2v) is 4.29. The normalized spacial score (nSPS) is 11.8. The Morgan fingerprint density at radius 1 is 1.20 bits per heavy atom. The first-order valence-electron chi connectivity index (χ1n) is 5.72. The SMILES string of the molecule is C1=COc2ccccc2C1.O=Cc1oc(S)c(O)c1O. The number of allylic oxidation sites excluding steroid dienone is 1. The molecule has 0 atom stereocenters. The Morgan fingerprint density at radius 3 is 2.50 bits per heavy atom. The molecule has 1 aromatic carbocycles. The van der Waals surface area contributed by atoms with Crippen molar-refractivity contribution in [3.8, 4) is 17.2 Å². The predicted octanol–water partition coefficient (Wildman–Crippen LogP) is 2.93. The molecule has 0 aliphatic carbocycles. The Kier molecular flexibility index (Phi) is 4.37. The molecule has 3 rings (SSSR count). The smallest absolute Gasteiger partial charge is 0.213 e. The molecule has 2 N–H and O–H groups in total. The van der Waals surface area contributed by atoms with E-state index < -0.39 is 11.5 Å². The van der Waals surface area contributed by atoms with E-state index in [1.54, 1.807) is 6.26 Å². The van der Waals surface area contributed by atoms with Crippen LogP contribution < -0.4 is 4.74 Å². The number of thiol groups is 1. The molecule has 0 fully saturated rings. The number of para-hydroxylation sites is 1. The largest absolute Gasteiger partial charge is 0.501 e. The number of furan rings is 1. The summed E-state index contributed by atoms with van der Waals surface area (Å²) in [6, 6.07) is 8.08. The van der Waals surface area contributed by atoms with Crippen molar-refractivity contribution in [3.05, 3.63) is 47.9 Å². The van der Waals surface area contributed by atoms with Crippen LogP contribution in [0.2, 0.25) is 0 Å². The minimum absolute atomic E-state index is 0.167. The van der Waals surface area contributed by atoms with Gasteiger partial charge in [-0.1, -0.05) is 18.2 Å². The molecule has 2 heterocycles. The molecular weight excluding hydrogens is 280 g/mol. The Hall–Kier alpha value is -2.34. The van der Waals surface area contributed by atoms with Gasteiger partial charge in [0.25, 0.3) is 0 Å². The van der Waals surface area contributed by atoms with Gasteiger partial charge in [0.05, 0.1) is 6.26 Å². The van der Waals surface area contributed by atoms with Crippen molar-refractivity contribution in [2.24, 2.45) is 0 Å². The van der Waals surface area contributed by atoms with Crippen LogP contribution in [0.25, 0.3) is 0 Å². The first-order valence-corrected chi connectivity index (χ1v) is 6.16. The minimum atomic E-state index is -0.569. The Bertz CT molecular complexity index is 618. The van der Waals surface area contributed by atoms with Crippen LogP contribution in [0.4, 0.5) is 0 Å². The number of hydrogen-bond acceptors (Lipinski definition) is 6. The average molecular weight is 292 g/mol. The standard InChI is InChI=1S/C9H8O.C5H4O4S/c1-2-6-9-8(4-1)5-3-7-10-9;6-1-2-3(7)4(8)5(10)9-2/h1-4,6-7H,5H2;1,7-8,10H. The predicted molar refractivity (Wildman–Crippen MR) is 74.6 cm³/mol. The molecule has 1 aliphatic heterocycles. The molecule has 0 amide bonds. The van der Waals surface area contributed by atoms with Crippen LogP contribution in [0.1, 0.15) is 16.1 Å². The molecule has 0 bridgehead atoms. The van der Waals surface area contributed by atoms with Gasteiger partial charge in [-0.3, -0.25) is 4.79 Å². The summed E-state index contributed by atoms with van der Waals surface area (Å²) in [5.74, 6) is -0.405. The maximum Gasteiger partial charge on any atom is 0.213 e. The summed E-state index contributed by atoms with van der Waals surface area (Å²) in [5, 5.41) is 17.4. The van der Waals surface area contributed by atoms with E-state index in [4.69, 9.17) is 14.9 Å². The van der Waals surface area contributed by atoms with Crippen molar-refractivity contribution < 1.29 is 24.2 Å². The summed E-state index contributed by atoms with van der Waals surface area (Å²) in [5.41, 5.74) is 1.27. The number of carbonyl (C=O) groups excluding carboxylic acids is 1. The zero-order valence-corrected chi connectivity index (χ0v) is 11.2. The van der Waals surface area contributed by atoms with E-state index in [-0.39, 0.29) is 17.1 Å². The van der Waals surface area contributed by atoms with E-state index in [2.05, 4.69) is 23.1 Å². The number of hydrogen-bond donors (Lipinski definition) is 3. The van der Waals surface area contributed by atoms with Crippen molar-refractivity contribution in [1.29, 1.82) is 0 Å². The maximum atomic E-state index is 9.99. The molecule has 1 aromatic heterocycles. The lowest BCUT2D eigenvalue weighted by Gasteiger charge is -2.09. The second-order valence-electron chi connectivity index (χ2n) is 3.89. The van der Waals surface area contributed by atoms with Crippen molar-refractivity contribution in [2.45, 2.75) is 11.5 Å². The number of benzene rings is 1. The van der Waals surface area contributed by atoms with Crippen LogP contribution >= 0.6 is 12.6 Å². The van der Waals surface area contributed by atoms with Crippen molar-refractivity contribution in [1.82, 2.24) is 0 Å². The summed E-state index contributed by atoms with van der Waals surface area (Å²) in [7, 11) is 0. The topological polar surface area (TPSA) is 79.9 Å². The minimum Gasteiger partial charge on any atom is -0.501 e. The number of fused-ring (bicyclic) bond motifs is 1. The molecular formula is C14H12O5S. The van der Waals surface area contributed by atoms with Crippen molar-refractivity contribution >= 4 is 18.9 Å². The summed E-state index contributed by atoms with van der Waals surface area (Å²) < 4.78 is 9.73. The van der Waals surface area contributed by atoms with E-state index >= 15 is 0 Å². The first-order chi connectivity index (χ1) is 9.63. The fourth-order valence-electron chi connectivity index (χ4n) is 1.58. The van der Waals surface area contributed by atoms with Crippen LogP contribution in [0.3, 0.4) is 0 Å². The van der Waals surface area contributed by atoms with Gasteiger partial charge in [0.15, 0.2) is 6.29 Å². The molecule has 104 valence electrons. The lowest BCUT2D eigenvalue weighted by molar-refractivity contribution is 0.109. The molecule has 20 heavy (non-hydrogen) atoms. The number of carbonyl (C=O) groups is 1. The van der Waals surface area contributed by atoms with Crippen LogP contribution in [-0.2, 0) is 6.42 Å². The van der Waals surface area contributed by atoms with E-state index in [0.29, 0.717) is 0 Å². The highest BCUT2D eigenvalue weighted by Gasteiger charge is 2.15. The quantitative estimate of drug-likeness (QED) is 0.556. The third-order valence-corrected chi connectivity index (χ3v) is 2.88. The Balaban J connectivity index is 0.000000147. The van der Waals surface area contributed by atoms with Crippen LogP contribution in [0, 0.1) is 0 Å². The van der Waals surface area contributed by atoms with Crippen LogP contribution in [0.15, 0.2) is 46.1 Å². The van der Waals surface area contributed by atoms with Gasteiger partial charge in [0.2, 0.25) is 22.4 Å². The third kappa shape index (κ3) is 2.97. The fourth-order valence-corrected chi connectivity index (χ4v) is 1.79. The lowest BCUT2D eigenvalue weighted by atomic mass is 10.1. The van der Waals surface area contributed by atoms with Gasteiger partial charge in [-0.2, -0.15) is 0 Å². The van der Waals surface area contributed by atoms with E-state index in [1.807, 2.05) is 24.3 Å². The summed E-state index contributed by atoms with van der Waals surface area (Å²) in [6.45, 7) is 0. The first kappa shape index (κ1) is 14.1. The number of aldehydes is 1. The highest BCUT2D eigenvalue weighted by Crippen LogP contribution is 2.36. The van der Waals surface area contributed by atoms with Gasteiger partial charge < -0.3 is 19.4 Å². The lowest BCUT2D eigenvalue weighted by Crippen LogP contribution is -1.94. The van der Waals surface area contributed by atoms with Crippen molar-refractivity contribution in [2.75, 3.05) is 0 Å². The van der Waals surface area contributed by atoms with E-state index in [1.165, 1.54) is 5.56 Å². The van der Waals surface area contributed by atoms with Gasteiger partial charge in [-0.25, -0.2) is 0 Å². The molecule has 0 spiro atoms. The van der Waals surface area contributed by atoms with Gasteiger partial charge in [0, 0.05) is 0 Å². The van der Waals surface area contributed by atoms with Crippen LogP contribution in [-0.4, -0.2) is 16.5 Å². The van der Waals surface area contributed by atoms with E-state index in [0.717, 1.165) is 12.2 Å². The third-order valence-electron chi connectivity index (χ3n) is 2.58. The molecule has 6 heteroatoms. The Labute approximate surface area is 120 Å². The maximum absolute atomic E-state index is 9.99.